The molecule has 1 aliphatic rings. The van der Waals surface area contributed by atoms with Crippen LogP contribution in [0.25, 0.3) is 10.9 Å². The van der Waals surface area contributed by atoms with Crippen molar-refractivity contribution < 1.29 is 9.90 Å². The number of aromatic amines is 1. The molecule has 20 heavy (non-hydrogen) atoms. The molecular weight excluding hydrogens is 276 g/mol. The molecule has 0 spiro atoms. The number of nitrogens with zero attached hydrogens (tertiary/aromatic N) is 1. The Kier molecular flexibility index (Phi) is 3.68. The lowest BCUT2D eigenvalue weighted by atomic mass is 10.1. The molecule has 0 aliphatic heterocycles. The number of halogens is 1. The molecule has 2 aromatic rings. The van der Waals surface area contributed by atoms with Crippen LogP contribution in [0.5, 0.6) is 0 Å². The number of nitrogens with one attached hydrogen (secondary N) is 1. The molecule has 1 amide bonds. The van der Waals surface area contributed by atoms with Crippen LogP contribution < -0.4 is 0 Å². The summed E-state index contributed by atoms with van der Waals surface area (Å²) in [6, 6.07) is 5.94. The third kappa shape index (κ3) is 2.67. The molecule has 2 N–H and O–H groups in total. The van der Waals surface area contributed by atoms with Crippen LogP contribution in [0.1, 0.15) is 18.4 Å². The zero-order valence-corrected chi connectivity index (χ0v) is 11.9. The highest BCUT2D eigenvalue weighted by Crippen LogP contribution is 2.28. The van der Waals surface area contributed by atoms with E-state index in [1.807, 2.05) is 24.4 Å². The van der Waals surface area contributed by atoms with Gasteiger partial charge < -0.3 is 15.0 Å². The van der Waals surface area contributed by atoms with Gasteiger partial charge in [0.2, 0.25) is 5.91 Å². The van der Waals surface area contributed by atoms with Crippen molar-refractivity contribution in [2.45, 2.75) is 25.3 Å². The first-order valence-corrected chi connectivity index (χ1v) is 7.22. The lowest BCUT2D eigenvalue weighted by Gasteiger charge is -2.21. The molecule has 0 unspecified atom stereocenters. The first kappa shape index (κ1) is 13.5. The summed E-state index contributed by atoms with van der Waals surface area (Å²) < 4.78 is 0. The molecule has 1 heterocycles. The van der Waals surface area contributed by atoms with Gasteiger partial charge in [-0.1, -0.05) is 11.6 Å². The lowest BCUT2D eigenvalue weighted by Crippen LogP contribution is -2.36. The van der Waals surface area contributed by atoms with E-state index < -0.39 is 0 Å². The third-order valence-corrected chi connectivity index (χ3v) is 3.96. The van der Waals surface area contributed by atoms with Crippen molar-refractivity contribution in [1.82, 2.24) is 9.88 Å². The fraction of sp³-hybridized carbons (Fsp3) is 0.400. The largest absolute Gasteiger partial charge is 0.395 e. The van der Waals surface area contributed by atoms with Crippen molar-refractivity contribution in [3.8, 4) is 0 Å². The Morgan fingerprint density at radius 3 is 2.95 bits per heavy atom. The van der Waals surface area contributed by atoms with E-state index >= 15 is 0 Å². The smallest absolute Gasteiger partial charge is 0.227 e. The number of hydrogen-bond donors (Lipinski definition) is 2. The predicted octanol–water partition coefficient (Wildman–Crippen LogP) is 2.35. The maximum absolute atomic E-state index is 12.4. The van der Waals surface area contributed by atoms with E-state index in [9.17, 15) is 4.79 Å². The van der Waals surface area contributed by atoms with Gasteiger partial charge in [0.25, 0.3) is 0 Å². The van der Waals surface area contributed by atoms with Gasteiger partial charge in [-0.05, 0) is 36.6 Å². The number of hydrogen-bond acceptors (Lipinski definition) is 2. The number of carbonyl (C=O) groups excluding carboxylic acids is 1. The van der Waals surface area contributed by atoms with Crippen molar-refractivity contribution in [3.63, 3.8) is 0 Å². The van der Waals surface area contributed by atoms with E-state index in [1.165, 1.54) is 0 Å². The predicted molar refractivity (Wildman–Crippen MR) is 78.8 cm³/mol. The minimum Gasteiger partial charge on any atom is -0.395 e. The number of aliphatic hydroxyl groups excluding tert-OH is 1. The molecule has 0 radical (unpaired) electrons. The average Bonchev–Trinajstić information content (AvgIpc) is 3.20. The third-order valence-electron chi connectivity index (χ3n) is 3.72. The zero-order chi connectivity index (χ0) is 14.1. The Balaban J connectivity index is 1.81. The first-order chi connectivity index (χ1) is 9.69. The van der Waals surface area contributed by atoms with Gasteiger partial charge in [0, 0.05) is 34.7 Å². The molecule has 5 heteroatoms. The maximum Gasteiger partial charge on any atom is 0.227 e. The SMILES string of the molecule is O=C(Cc1c[nH]c2ccc(Cl)cc12)N(CCO)C1CC1. The van der Waals surface area contributed by atoms with Gasteiger partial charge in [0.15, 0.2) is 0 Å². The van der Waals surface area contributed by atoms with Crippen LogP contribution in [0.4, 0.5) is 0 Å². The minimum atomic E-state index is 0.0158. The quantitative estimate of drug-likeness (QED) is 0.889. The summed E-state index contributed by atoms with van der Waals surface area (Å²) in [7, 11) is 0. The van der Waals surface area contributed by atoms with Crippen molar-refractivity contribution in [2.75, 3.05) is 13.2 Å². The molecule has 0 atom stereocenters. The van der Waals surface area contributed by atoms with Crippen LogP contribution in [0.2, 0.25) is 5.02 Å². The van der Waals surface area contributed by atoms with Crippen molar-refractivity contribution in [2.24, 2.45) is 0 Å². The number of aromatic nitrogens is 1. The molecule has 0 bridgehead atoms. The van der Waals surface area contributed by atoms with Crippen molar-refractivity contribution in [3.05, 3.63) is 35.0 Å². The first-order valence-electron chi connectivity index (χ1n) is 6.85. The Morgan fingerprint density at radius 1 is 1.45 bits per heavy atom. The zero-order valence-electron chi connectivity index (χ0n) is 11.1. The van der Waals surface area contributed by atoms with E-state index in [0.29, 0.717) is 24.0 Å². The monoisotopic (exact) mass is 292 g/mol. The highest BCUT2D eigenvalue weighted by Gasteiger charge is 2.32. The van der Waals surface area contributed by atoms with Gasteiger partial charge in [-0.15, -0.1) is 0 Å². The Bertz CT molecular complexity index is 634. The molecule has 1 aliphatic carbocycles. The molecule has 3 rings (SSSR count). The summed E-state index contributed by atoms with van der Waals surface area (Å²) in [4.78, 5) is 17.3. The number of aliphatic hydroxyl groups is 1. The highest BCUT2D eigenvalue weighted by atomic mass is 35.5. The standard InChI is InChI=1S/C15H17ClN2O2/c16-11-1-4-14-13(8-11)10(9-17-14)7-15(20)18(5-6-19)12-2-3-12/h1,4,8-9,12,17,19H,2-3,5-7H2. The minimum absolute atomic E-state index is 0.0158. The van der Waals surface area contributed by atoms with Gasteiger partial charge in [-0.3, -0.25) is 4.79 Å². The molecule has 106 valence electrons. The van der Waals surface area contributed by atoms with Gasteiger partial charge >= 0.3 is 0 Å². The molecular formula is C15H17ClN2O2. The second-order valence-electron chi connectivity index (χ2n) is 5.22. The number of H-pyrrole nitrogens is 1. The van der Waals surface area contributed by atoms with Gasteiger partial charge in [0.05, 0.1) is 13.0 Å². The Morgan fingerprint density at radius 2 is 2.25 bits per heavy atom. The van der Waals surface area contributed by atoms with Crippen LogP contribution in [-0.4, -0.2) is 40.1 Å². The second kappa shape index (κ2) is 5.46. The summed E-state index contributed by atoms with van der Waals surface area (Å²) in [5.41, 5.74) is 1.94. The number of rotatable bonds is 5. The summed E-state index contributed by atoms with van der Waals surface area (Å²) >= 11 is 6.01. The van der Waals surface area contributed by atoms with E-state index in [4.69, 9.17) is 16.7 Å². The average molecular weight is 293 g/mol. The van der Waals surface area contributed by atoms with Crippen molar-refractivity contribution >= 4 is 28.4 Å². The molecule has 1 saturated carbocycles. The molecule has 1 aromatic carbocycles. The normalized spacial score (nSPS) is 14.7. The van der Waals surface area contributed by atoms with Gasteiger partial charge in [0.1, 0.15) is 0 Å². The van der Waals surface area contributed by atoms with Crippen LogP contribution in [0.3, 0.4) is 0 Å². The molecule has 0 saturated heterocycles. The van der Waals surface area contributed by atoms with Crippen LogP contribution in [-0.2, 0) is 11.2 Å². The molecule has 1 aromatic heterocycles. The number of carbonyl (C=O) groups is 1. The van der Waals surface area contributed by atoms with E-state index in [0.717, 1.165) is 29.3 Å². The number of fused-ring (bicyclic) bond motifs is 1. The summed E-state index contributed by atoms with van der Waals surface area (Å²) in [6.45, 7) is 0.439. The van der Waals surface area contributed by atoms with Crippen LogP contribution >= 0.6 is 11.6 Å². The summed E-state index contributed by atoms with van der Waals surface area (Å²) in [5.74, 6) is 0.0717. The van der Waals surface area contributed by atoms with E-state index in [-0.39, 0.29) is 12.5 Å². The van der Waals surface area contributed by atoms with E-state index in [2.05, 4.69) is 4.98 Å². The molecule has 1 fully saturated rings. The molecule has 4 nitrogen and oxygen atoms in total. The Labute approximate surface area is 122 Å². The van der Waals surface area contributed by atoms with Gasteiger partial charge in [-0.25, -0.2) is 0 Å². The van der Waals surface area contributed by atoms with Gasteiger partial charge in [-0.2, -0.15) is 0 Å². The summed E-state index contributed by atoms with van der Waals surface area (Å²) in [6.07, 6.45) is 4.30. The number of amides is 1. The maximum atomic E-state index is 12.4. The van der Waals surface area contributed by atoms with Crippen LogP contribution in [0, 0.1) is 0 Å². The Hall–Kier alpha value is -1.52. The highest BCUT2D eigenvalue weighted by molar-refractivity contribution is 6.31. The summed E-state index contributed by atoms with van der Waals surface area (Å²) in [5, 5.41) is 10.7. The lowest BCUT2D eigenvalue weighted by molar-refractivity contribution is -0.131. The second-order valence-corrected chi connectivity index (χ2v) is 5.66. The topological polar surface area (TPSA) is 56.3 Å². The number of benzene rings is 1. The van der Waals surface area contributed by atoms with E-state index in [1.54, 1.807) is 4.90 Å². The van der Waals surface area contributed by atoms with Crippen LogP contribution in [0.15, 0.2) is 24.4 Å². The van der Waals surface area contributed by atoms with Crippen molar-refractivity contribution in [1.29, 1.82) is 0 Å². The fourth-order valence-electron chi connectivity index (χ4n) is 2.57. The fourth-order valence-corrected chi connectivity index (χ4v) is 2.74.